The molecule has 0 atom stereocenters. The van der Waals surface area contributed by atoms with E-state index in [0.29, 0.717) is 25.9 Å². The van der Waals surface area contributed by atoms with E-state index in [-0.39, 0.29) is 18.1 Å². The summed E-state index contributed by atoms with van der Waals surface area (Å²) in [6.45, 7) is 0.901. The Morgan fingerprint density at radius 2 is 2.00 bits per heavy atom. The Hall–Kier alpha value is -2.54. The van der Waals surface area contributed by atoms with Crippen LogP contribution in [0.25, 0.3) is 0 Å². The maximum absolute atomic E-state index is 12.6. The number of amides is 1. The van der Waals surface area contributed by atoms with Gasteiger partial charge in [0, 0.05) is 19.5 Å². The number of hydrogen-bond acceptors (Lipinski definition) is 4. The predicted octanol–water partition coefficient (Wildman–Crippen LogP) is 2.14. The molecule has 1 aliphatic rings. The molecule has 0 spiro atoms. The Bertz CT molecular complexity index is 912. The topological polar surface area (TPSA) is 75.7 Å². The van der Waals surface area contributed by atoms with Crippen LogP contribution in [0.3, 0.4) is 0 Å². The van der Waals surface area contributed by atoms with E-state index in [1.165, 1.54) is 4.31 Å². The summed E-state index contributed by atoms with van der Waals surface area (Å²) in [6, 6.07) is 15.1. The third kappa shape index (κ3) is 4.80. The summed E-state index contributed by atoms with van der Waals surface area (Å²) < 4.78 is 31.8. The van der Waals surface area contributed by atoms with E-state index in [4.69, 9.17) is 4.74 Å². The van der Waals surface area contributed by atoms with Gasteiger partial charge >= 0.3 is 0 Å². The second-order valence-corrected chi connectivity index (χ2v) is 8.48. The van der Waals surface area contributed by atoms with Crippen molar-refractivity contribution >= 4 is 21.6 Å². The van der Waals surface area contributed by atoms with E-state index >= 15 is 0 Å². The van der Waals surface area contributed by atoms with Gasteiger partial charge in [-0.05, 0) is 42.2 Å². The van der Waals surface area contributed by atoms with Crippen molar-refractivity contribution in [3.63, 3.8) is 0 Å². The van der Waals surface area contributed by atoms with E-state index in [1.54, 1.807) is 7.11 Å². The summed E-state index contributed by atoms with van der Waals surface area (Å²) in [5.74, 6) is 0.330. The lowest BCUT2D eigenvalue weighted by Crippen LogP contribution is -2.34. The standard InChI is InChI=1S/C20H24N2O4S/c1-26-18-7-4-5-16(15-18)9-12-21-20(23)11-14-27(24,25)22-13-10-17-6-2-3-8-19(17)22/h2-8,15H,9-14H2,1H3,(H,21,23). The minimum absolute atomic E-state index is 0.0425. The number of benzene rings is 2. The first-order valence-corrected chi connectivity index (χ1v) is 10.6. The lowest BCUT2D eigenvalue weighted by Gasteiger charge is -2.19. The lowest BCUT2D eigenvalue weighted by atomic mass is 10.1. The number of rotatable bonds is 8. The van der Waals surface area contributed by atoms with E-state index in [9.17, 15) is 13.2 Å². The molecule has 7 heteroatoms. The first-order chi connectivity index (χ1) is 13.0. The van der Waals surface area contributed by atoms with Gasteiger partial charge in [-0.3, -0.25) is 9.10 Å². The van der Waals surface area contributed by atoms with E-state index in [0.717, 1.165) is 22.6 Å². The molecule has 27 heavy (non-hydrogen) atoms. The zero-order valence-corrected chi connectivity index (χ0v) is 16.2. The summed E-state index contributed by atoms with van der Waals surface area (Å²) in [4.78, 5) is 12.0. The number of methoxy groups -OCH3 is 1. The Kier molecular flexibility index (Phi) is 6.01. The molecule has 0 aliphatic carbocycles. The van der Waals surface area contributed by atoms with Crippen LogP contribution >= 0.6 is 0 Å². The van der Waals surface area contributed by atoms with Gasteiger partial charge in [0.15, 0.2) is 0 Å². The summed E-state index contributed by atoms with van der Waals surface area (Å²) in [5, 5.41) is 2.79. The zero-order valence-electron chi connectivity index (χ0n) is 15.3. The molecule has 0 saturated carbocycles. The fourth-order valence-corrected chi connectivity index (χ4v) is 4.70. The molecular formula is C20H24N2O4S. The van der Waals surface area contributed by atoms with Gasteiger partial charge in [-0.2, -0.15) is 0 Å². The van der Waals surface area contributed by atoms with Crippen molar-refractivity contribution in [1.29, 1.82) is 0 Å². The van der Waals surface area contributed by atoms with Crippen LogP contribution in [0, 0.1) is 0 Å². The first-order valence-electron chi connectivity index (χ1n) is 8.97. The molecule has 1 aliphatic heterocycles. The summed E-state index contributed by atoms with van der Waals surface area (Å²) in [7, 11) is -1.89. The van der Waals surface area contributed by atoms with Crippen LogP contribution in [0.5, 0.6) is 5.75 Å². The average Bonchev–Trinajstić information content (AvgIpc) is 3.12. The number of nitrogens with one attached hydrogen (secondary N) is 1. The fraction of sp³-hybridized carbons (Fsp3) is 0.350. The van der Waals surface area contributed by atoms with Gasteiger partial charge in [-0.1, -0.05) is 30.3 Å². The van der Waals surface area contributed by atoms with E-state index in [2.05, 4.69) is 5.32 Å². The highest BCUT2D eigenvalue weighted by Gasteiger charge is 2.29. The van der Waals surface area contributed by atoms with Crippen molar-refractivity contribution in [2.45, 2.75) is 19.3 Å². The van der Waals surface area contributed by atoms with Crippen molar-refractivity contribution in [2.24, 2.45) is 0 Å². The SMILES string of the molecule is COc1cccc(CCNC(=O)CCS(=O)(=O)N2CCc3ccccc32)c1. The highest BCUT2D eigenvalue weighted by Crippen LogP contribution is 2.30. The molecule has 2 aromatic rings. The van der Waals surface area contributed by atoms with Crippen LogP contribution in [0.1, 0.15) is 17.5 Å². The number of hydrogen-bond donors (Lipinski definition) is 1. The van der Waals surface area contributed by atoms with Crippen LogP contribution < -0.4 is 14.4 Å². The van der Waals surface area contributed by atoms with Gasteiger partial charge < -0.3 is 10.1 Å². The molecule has 1 heterocycles. The van der Waals surface area contributed by atoms with Crippen LogP contribution in [-0.2, 0) is 27.7 Å². The van der Waals surface area contributed by atoms with Gasteiger partial charge in [0.1, 0.15) is 5.75 Å². The van der Waals surface area contributed by atoms with Gasteiger partial charge in [-0.15, -0.1) is 0 Å². The van der Waals surface area contributed by atoms with Crippen molar-refractivity contribution in [3.8, 4) is 5.75 Å². The predicted molar refractivity (Wildman–Crippen MR) is 106 cm³/mol. The zero-order chi connectivity index (χ0) is 19.3. The Labute approximate surface area is 160 Å². The van der Waals surface area contributed by atoms with Crippen molar-refractivity contribution in [3.05, 3.63) is 59.7 Å². The maximum Gasteiger partial charge on any atom is 0.235 e. The van der Waals surface area contributed by atoms with E-state index in [1.807, 2.05) is 48.5 Å². The highest BCUT2D eigenvalue weighted by molar-refractivity contribution is 7.92. The molecule has 2 aromatic carbocycles. The quantitative estimate of drug-likeness (QED) is 0.752. The second kappa shape index (κ2) is 8.43. The number of anilines is 1. The molecule has 144 valence electrons. The van der Waals surface area contributed by atoms with Gasteiger partial charge in [0.05, 0.1) is 18.6 Å². The summed E-state index contributed by atoms with van der Waals surface area (Å²) in [5.41, 5.74) is 2.82. The van der Waals surface area contributed by atoms with Gasteiger partial charge in [-0.25, -0.2) is 8.42 Å². The summed E-state index contributed by atoms with van der Waals surface area (Å²) >= 11 is 0. The smallest absolute Gasteiger partial charge is 0.235 e. The summed E-state index contributed by atoms with van der Waals surface area (Å²) in [6.07, 6.45) is 1.33. The first kappa shape index (κ1) is 19.2. The third-order valence-corrected chi connectivity index (χ3v) is 6.41. The number of fused-ring (bicyclic) bond motifs is 1. The van der Waals surface area contributed by atoms with Crippen LogP contribution in [0.15, 0.2) is 48.5 Å². The molecule has 0 radical (unpaired) electrons. The van der Waals surface area contributed by atoms with Crippen molar-refractivity contribution in [1.82, 2.24) is 5.32 Å². The Morgan fingerprint density at radius 3 is 2.81 bits per heavy atom. The van der Waals surface area contributed by atoms with Gasteiger partial charge in [0.25, 0.3) is 0 Å². The molecule has 0 aromatic heterocycles. The molecule has 0 fully saturated rings. The lowest BCUT2D eigenvalue weighted by molar-refractivity contribution is -0.120. The maximum atomic E-state index is 12.6. The minimum atomic E-state index is -3.50. The average molecular weight is 388 g/mol. The molecule has 3 rings (SSSR count). The van der Waals surface area contributed by atoms with Gasteiger partial charge in [0.2, 0.25) is 15.9 Å². The number of nitrogens with zero attached hydrogens (tertiary/aromatic N) is 1. The van der Waals surface area contributed by atoms with Crippen molar-refractivity contribution in [2.75, 3.05) is 30.3 Å². The van der Waals surface area contributed by atoms with Crippen LogP contribution in [-0.4, -0.2) is 40.3 Å². The normalized spacial score (nSPS) is 13.3. The molecule has 0 bridgehead atoms. The number of ether oxygens (including phenoxy) is 1. The number of para-hydroxylation sites is 1. The highest BCUT2D eigenvalue weighted by atomic mass is 32.2. The molecular weight excluding hydrogens is 364 g/mol. The number of carbonyl (C=O) groups excluding carboxylic acids is 1. The molecule has 6 nitrogen and oxygen atoms in total. The van der Waals surface area contributed by atoms with Crippen molar-refractivity contribution < 1.29 is 17.9 Å². The molecule has 0 saturated heterocycles. The second-order valence-electron chi connectivity index (χ2n) is 6.47. The monoisotopic (exact) mass is 388 g/mol. The third-order valence-electron chi connectivity index (χ3n) is 4.64. The Morgan fingerprint density at radius 1 is 1.19 bits per heavy atom. The number of carbonyl (C=O) groups is 1. The molecule has 1 amide bonds. The number of sulfonamides is 1. The molecule has 1 N–H and O–H groups in total. The largest absolute Gasteiger partial charge is 0.497 e. The Balaban J connectivity index is 1.47. The fourth-order valence-electron chi connectivity index (χ4n) is 3.19. The minimum Gasteiger partial charge on any atom is -0.497 e. The molecule has 0 unspecified atom stereocenters. The van der Waals surface area contributed by atoms with E-state index < -0.39 is 10.0 Å². The van der Waals surface area contributed by atoms with Crippen LogP contribution in [0.2, 0.25) is 0 Å². The van der Waals surface area contributed by atoms with Crippen LogP contribution in [0.4, 0.5) is 5.69 Å².